The van der Waals surface area contributed by atoms with Gasteiger partial charge in [-0.25, -0.2) is 4.68 Å². The van der Waals surface area contributed by atoms with Gasteiger partial charge in [-0.3, -0.25) is 4.21 Å². The number of nitrogens with zero attached hydrogens (tertiary/aromatic N) is 4. The van der Waals surface area contributed by atoms with Crippen LogP contribution in [0.3, 0.4) is 0 Å². The van der Waals surface area contributed by atoms with Crippen molar-refractivity contribution in [1.82, 2.24) is 20.2 Å². The molecule has 8 heteroatoms. The van der Waals surface area contributed by atoms with Crippen molar-refractivity contribution in [3.05, 3.63) is 22.7 Å². The van der Waals surface area contributed by atoms with Crippen molar-refractivity contribution < 1.29 is 4.21 Å². The van der Waals surface area contributed by atoms with Gasteiger partial charge in [-0.1, -0.05) is 15.9 Å². The first-order chi connectivity index (χ1) is 9.08. The molecule has 2 rings (SSSR count). The molecular formula is C11H14BrN5OS. The lowest BCUT2D eigenvalue weighted by Gasteiger charge is -2.06. The zero-order valence-corrected chi connectivity index (χ0v) is 12.8. The summed E-state index contributed by atoms with van der Waals surface area (Å²) in [5.41, 5.74) is 7.29. The van der Waals surface area contributed by atoms with E-state index in [2.05, 4.69) is 31.5 Å². The van der Waals surface area contributed by atoms with Crippen LogP contribution >= 0.6 is 15.9 Å². The molecule has 1 heterocycles. The smallest absolute Gasteiger partial charge is 0.183 e. The van der Waals surface area contributed by atoms with Crippen molar-refractivity contribution >= 4 is 32.4 Å². The molecule has 1 unspecified atom stereocenters. The van der Waals surface area contributed by atoms with Gasteiger partial charge in [0.15, 0.2) is 5.82 Å². The third-order valence-electron chi connectivity index (χ3n) is 2.56. The van der Waals surface area contributed by atoms with E-state index in [1.54, 1.807) is 10.9 Å². The van der Waals surface area contributed by atoms with E-state index < -0.39 is 10.8 Å². The zero-order valence-electron chi connectivity index (χ0n) is 10.4. The van der Waals surface area contributed by atoms with E-state index in [1.807, 2.05) is 18.2 Å². The minimum atomic E-state index is -0.797. The van der Waals surface area contributed by atoms with Crippen molar-refractivity contribution in [2.24, 2.45) is 0 Å². The summed E-state index contributed by atoms with van der Waals surface area (Å²) >= 11 is 3.46. The molecule has 0 aliphatic rings. The fraction of sp³-hybridized carbons (Fsp3) is 0.364. The number of anilines is 1. The van der Waals surface area contributed by atoms with E-state index in [1.165, 1.54) is 0 Å². The Hall–Kier alpha value is -1.28. The maximum absolute atomic E-state index is 11.1. The van der Waals surface area contributed by atoms with Crippen LogP contribution < -0.4 is 5.73 Å². The Kier molecular flexibility index (Phi) is 4.65. The van der Waals surface area contributed by atoms with Crippen LogP contribution in [0.2, 0.25) is 0 Å². The second-order valence-corrected chi connectivity index (χ2v) is 6.50. The zero-order chi connectivity index (χ0) is 13.8. The number of hydrogen-bond donors (Lipinski definition) is 1. The molecule has 1 aromatic carbocycles. The van der Waals surface area contributed by atoms with Gasteiger partial charge in [0.05, 0.1) is 0 Å². The molecule has 1 atom stereocenters. The maximum Gasteiger partial charge on any atom is 0.183 e. The highest BCUT2D eigenvalue weighted by molar-refractivity contribution is 9.10. The Bertz CT molecular complexity index is 601. The second-order valence-electron chi connectivity index (χ2n) is 4.10. The van der Waals surface area contributed by atoms with E-state index in [-0.39, 0.29) is 0 Å². The predicted octanol–water partition coefficient (Wildman–Crippen LogP) is 1.45. The number of halogens is 1. The molecule has 0 aliphatic heterocycles. The standard InChI is InChI=1S/C11H14BrN5OS/c1-19(18)6-2-5-17-11(14-15-16-17)9-7-8(13)3-4-10(9)12/h3-4,7H,2,5-6,13H2,1H3. The fourth-order valence-corrected chi connectivity index (χ4v) is 2.64. The van der Waals surface area contributed by atoms with Gasteiger partial charge in [-0.05, 0) is 35.0 Å². The maximum atomic E-state index is 11.1. The van der Waals surface area contributed by atoms with Crippen molar-refractivity contribution in [2.45, 2.75) is 13.0 Å². The summed E-state index contributed by atoms with van der Waals surface area (Å²) in [6.45, 7) is 0.628. The Morgan fingerprint density at radius 2 is 2.26 bits per heavy atom. The lowest BCUT2D eigenvalue weighted by molar-refractivity contribution is 0.583. The molecule has 0 fully saturated rings. The first kappa shape index (κ1) is 14.1. The average Bonchev–Trinajstić information content (AvgIpc) is 2.80. The highest BCUT2D eigenvalue weighted by Gasteiger charge is 2.12. The van der Waals surface area contributed by atoms with E-state index in [4.69, 9.17) is 5.73 Å². The van der Waals surface area contributed by atoms with Gasteiger partial charge < -0.3 is 5.73 Å². The number of aryl methyl sites for hydroxylation is 1. The average molecular weight is 344 g/mol. The van der Waals surface area contributed by atoms with Crippen LogP contribution in [-0.2, 0) is 17.3 Å². The highest BCUT2D eigenvalue weighted by Crippen LogP contribution is 2.28. The number of tetrazole rings is 1. The molecule has 102 valence electrons. The molecule has 0 spiro atoms. The van der Waals surface area contributed by atoms with Crippen LogP contribution in [0.4, 0.5) is 5.69 Å². The van der Waals surface area contributed by atoms with Crippen molar-refractivity contribution in [3.8, 4) is 11.4 Å². The Labute approximate surface area is 122 Å². The van der Waals surface area contributed by atoms with Crippen molar-refractivity contribution in [1.29, 1.82) is 0 Å². The van der Waals surface area contributed by atoms with Crippen molar-refractivity contribution in [2.75, 3.05) is 17.7 Å². The third-order valence-corrected chi connectivity index (χ3v) is 4.12. The van der Waals surface area contributed by atoms with Crippen LogP contribution in [0.5, 0.6) is 0 Å². The van der Waals surface area contributed by atoms with Gasteiger partial charge in [0, 0.05) is 45.1 Å². The molecular weight excluding hydrogens is 330 g/mol. The fourth-order valence-electron chi connectivity index (χ4n) is 1.68. The van der Waals surface area contributed by atoms with Gasteiger partial charge in [0.1, 0.15) is 0 Å². The molecule has 6 nitrogen and oxygen atoms in total. The molecule has 2 N–H and O–H groups in total. The van der Waals surface area contributed by atoms with Gasteiger partial charge in [-0.15, -0.1) is 5.10 Å². The minimum absolute atomic E-state index is 0.628. The number of nitrogens with two attached hydrogens (primary N) is 1. The minimum Gasteiger partial charge on any atom is -0.399 e. The first-order valence-corrected chi connectivity index (χ1v) is 8.21. The van der Waals surface area contributed by atoms with Crippen molar-refractivity contribution in [3.63, 3.8) is 0 Å². The summed E-state index contributed by atoms with van der Waals surface area (Å²) in [5, 5.41) is 11.7. The van der Waals surface area contributed by atoms with Gasteiger partial charge in [0.25, 0.3) is 0 Å². The number of nitrogen functional groups attached to an aromatic ring is 1. The first-order valence-electron chi connectivity index (χ1n) is 5.69. The summed E-state index contributed by atoms with van der Waals surface area (Å²) in [6.07, 6.45) is 2.45. The lowest BCUT2D eigenvalue weighted by Crippen LogP contribution is -2.07. The van der Waals surface area contributed by atoms with Crippen LogP contribution in [0.25, 0.3) is 11.4 Å². The Morgan fingerprint density at radius 1 is 1.47 bits per heavy atom. The van der Waals surface area contributed by atoms with E-state index in [0.29, 0.717) is 23.8 Å². The summed E-state index contributed by atoms with van der Waals surface area (Å²) < 4.78 is 13.6. The summed E-state index contributed by atoms with van der Waals surface area (Å²) in [4.78, 5) is 0. The number of hydrogen-bond acceptors (Lipinski definition) is 5. The van der Waals surface area contributed by atoms with Gasteiger partial charge in [0.2, 0.25) is 0 Å². The molecule has 2 aromatic rings. The molecule has 0 radical (unpaired) electrons. The summed E-state index contributed by atoms with van der Waals surface area (Å²) in [5.74, 6) is 1.29. The summed E-state index contributed by atoms with van der Waals surface area (Å²) in [6, 6.07) is 5.50. The van der Waals surface area contributed by atoms with E-state index >= 15 is 0 Å². The quantitative estimate of drug-likeness (QED) is 0.830. The Morgan fingerprint density at radius 3 is 3.00 bits per heavy atom. The van der Waals surface area contributed by atoms with Crippen LogP contribution in [0, 0.1) is 0 Å². The largest absolute Gasteiger partial charge is 0.399 e. The van der Waals surface area contributed by atoms with Crippen LogP contribution in [0.15, 0.2) is 22.7 Å². The van der Waals surface area contributed by atoms with Crippen LogP contribution in [-0.4, -0.2) is 36.4 Å². The highest BCUT2D eigenvalue weighted by atomic mass is 79.9. The number of aromatic nitrogens is 4. The predicted molar refractivity (Wildman–Crippen MR) is 78.9 cm³/mol. The normalized spacial score (nSPS) is 12.5. The molecule has 0 amide bonds. The van der Waals surface area contributed by atoms with Crippen LogP contribution in [0.1, 0.15) is 6.42 Å². The topological polar surface area (TPSA) is 86.7 Å². The molecule has 19 heavy (non-hydrogen) atoms. The van der Waals surface area contributed by atoms with E-state index in [9.17, 15) is 4.21 Å². The van der Waals surface area contributed by atoms with E-state index in [0.717, 1.165) is 16.5 Å². The molecule has 0 saturated heterocycles. The van der Waals surface area contributed by atoms with Gasteiger partial charge in [-0.2, -0.15) is 0 Å². The molecule has 0 bridgehead atoms. The molecule has 0 saturated carbocycles. The van der Waals surface area contributed by atoms with Gasteiger partial charge >= 0.3 is 0 Å². The second kappa shape index (κ2) is 6.25. The molecule has 0 aliphatic carbocycles. The number of benzene rings is 1. The third kappa shape index (κ3) is 3.60. The SMILES string of the molecule is CS(=O)CCCn1nnnc1-c1cc(N)ccc1Br. The Balaban J connectivity index is 2.23. The lowest BCUT2D eigenvalue weighted by atomic mass is 10.2. The summed E-state index contributed by atoms with van der Waals surface area (Å²) in [7, 11) is -0.797. The molecule has 1 aromatic heterocycles. The monoisotopic (exact) mass is 343 g/mol. The number of rotatable bonds is 5.